The number of nitrogens with one attached hydrogen (secondary N) is 2. The molecule has 0 unspecified atom stereocenters. The third kappa shape index (κ3) is 4.74. The summed E-state index contributed by atoms with van der Waals surface area (Å²) in [5.41, 5.74) is 5.50. The molecule has 0 aromatic heterocycles. The number of rotatable bonds is 3. The molecule has 0 aliphatic heterocycles. The summed E-state index contributed by atoms with van der Waals surface area (Å²) in [4.78, 5) is 11.7. The van der Waals surface area contributed by atoms with E-state index < -0.39 is 0 Å². The highest BCUT2D eigenvalue weighted by molar-refractivity contribution is 5.90. The fourth-order valence-electron chi connectivity index (χ4n) is 1.92. The minimum atomic E-state index is -0.367. The summed E-state index contributed by atoms with van der Waals surface area (Å²) in [6, 6.07) is 17.0. The Balaban J connectivity index is 1.88. The highest BCUT2D eigenvalue weighted by Gasteiger charge is 2.12. The molecule has 0 aliphatic carbocycles. The number of nitrogens with zero attached hydrogens (tertiary/aromatic N) is 1. The van der Waals surface area contributed by atoms with E-state index in [0.717, 1.165) is 11.3 Å². The molecular formula is C18H21N3O. The Kier molecular flexibility index (Phi) is 4.94. The van der Waals surface area contributed by atoms with Crippen molar-refractivity contribution in [3.05, 3.63) is 65.7 Å². The number of carbonyl (C=O) groups excluding carboxylic acids is 1. The first-order chi connectivity index (χ1) is 10.4. The number of hydrogen-bond donors (Lipinski definition) is 2. The minimum Gasteiger partial charge on any atom is -0.307 e. The lowest BCUT2D eigenvalue weighted by Crippen LogP contribution is -2.24. The van der Waals surface area contributed by atoms with Crippen molar-refractivity contribution in [2.45, 2.75) is 26.2 Å². The van der Waals surface area contributed by atoms with E-state index in [4.69, 9.17) is 0 Å². The van der Waals surface area contributed by atoms with Gasteiger partial charge in [0.2, 0.25) is 0 Å². The Labute approximate surface area is 131 Å². The van der Waals surface area contributed by atoms with Crippen molar-refractivity contribution in [2.24, 2.45) is 5.10 Å². The zero-order valence-electron chi connectivity index (χ0n) is 13.1. The van der Waals surface area contributed by atoms with Gasteiger partial charge >= 0.3 is 6.03 Å². The minimum absolute atomic E-state index is 0.128. The van der Waals surface area contributed by atoms with Crippen molar-refractivity contribution < 1.29 is 4.79 Å². The molecule has 4 heteroatoms. The van der Waals surface area contributed by atoms with E-state index in [1.165, 1.54) is 5.56 Å². The predicted octanol–water partition coefficient (Wildman–Crippen LogP) is 4.14. The first-order valence-electron chi connectivity index (χ1n) is 7.21. The first kappa shape index (κ1) is 15.8. The third-order valence-electron chi connectivity index (χ3n) is 3.19. The molecule has 0 fully saturated rings. The third-order valence-corrected chi connectivity index (χ3v) is 3.19. The highest BCUT2D eigenvalue weighted by atomic mass is 16.2. The quantitative estimate of drug-likeness (QED) is 0.649. The molecule has 0 aliphatic rings. The van der Waals surface area contributed by atoms with Crippen LogP contribution in [0.5, 0.6) is 0 Å². The van der Waals surface area contributed by atoms with Gasteiger partial charge < -0.3 is 5.32 Å². The number of amides is 2. The van der Waals surface area contributed by atoms with Gasteiger partial charge in [-0.25, -0.2) is 10.2 Å². The maximum Gasteiger partial charge on any atom is 0.339 e. The van der Waals surface area contributed by atoms with Crippen molar-refractivity contribution in [1.29, 1.82) is 0 Å². The molecule has 0 spiro atoms. The van der Waals surface area contributed by atoms with Crippen molar-refractivity contribution in [3.63, 3.8) is 0 Å². The number of para-hydroxylation sites is 1. The first-order valence-corrected chi connectivity index (χ1v) is 7.21. The molecule has 2 rings (SSSR count). The maximum atomic E-state index is 11.7. The van der Waals surface area contributed by atoms with Crippen LogP contribution in [0.4, 0.5) is 10.5 Å². The van der Waals surface area contributed by atoms with E-state index in [2.05, 4.69) is 48.7 Å². The molecule has 0 saturated heterocycles. The number of anilines is 1. The molecule has 22 heavy (non-hydrogen) atoms. The predicted molar refractivity (Wildman–Crippen MR) is 91.3 cm³/mol. The number of hydrogen-bond acceptors (Lipinski definition) is 2. The second-order valence-electron chi connectivity index (χ2n) is 6.06. The summed E-state index contributed by atoms with van der Waals surface area (Å²) in [6.45, 7) is 6.52. The monoisotopic (exact) mass is 295 g/mol. The van der Waals surface area contributed by atoms with Crippen LogP contribution in [0.25, 0.3) is 0 Å². The number of urea groups is 1. The van der Waals surface area contributed by atoms with Crippen LogP contribution in [-0.2, 0) is 5.41 Å². The molecule has 0 atom stereocenters. The lowest BCUT2D eigenvalue weighted by molar-refractivity contribution is 0.252. The number of hydrazone groups is 1. The standard InChI is InChI=1S/C18H21N3O/c1-18(2,3)15-11-9-14(10-12-15)13-19-21-17(22)20-16-7-5-4-6-8-16/h4-13H,1-3H3,(H2,20,21,22)/b19-13-. The zero-order valence-corrected chi connectivity index (χ0v) is 13.1. The Morgan fingerprint density at radius 2 is 1.64 bits per heavy atom. The van der Waals surface area contributed by atoms with Crippen LogP contribution in [0.15, 0.2) is 59.7 Å². The molecule has 0 bridgehead atoms. The number of benzene rings is 2. The van der Waals surface area contributed by atoms with Crippen LogP contribution in [0, 0.1) is 0 Å². The Morgan fingerprint density at radius 1 is 1.00 bits per heavy atom. The van der Waals surface area contributed by atoms with E-state index in [1.807, 2.05) is 42.5 Å². The SMILES string of the molecule is CC(C)(C)c1ccc(/C=N\NC(=O)Nc2ccccc2)cc1. The molecule has 2 aromatic rings. The molecule has 0 heterocycles. The fourth-order valence-corrected chi connectivity index (χ4v) is 1.92. The van der Waals surface area contributed by atoms with Gasteiger partial charge in [-0.3, -0.25) is 0 Å². The van der Waals surface area contributed by atoms with Crippen molar-refractivity contribution in [2.75, 3.05) is 5.32 Å². The molecule has 4 nitrogen and oxygen atoms in total. The Bertz CT molecular complexity index is 640. The van der Waals surface area contributed by atoms with Gasteiger partial charge in [-0.1, -0.05) is 63.2 Å². The number of carbonyl (C=O) groups is 1. The van der Waals surface area contributed by atoms with E-state index in [9.17, 15) is 4.79 Å². The lowest BCUT2D eigenvalue weighted by Gasteiger charge is -2.18. The summed E-state index contributed by atoms with van der Waals surface area (Å²) >= 11 is 0. The maximum absolute atomic E-state index is 11.7. The largest absolute Gasteiger partial charge is 0.339 e. The molecule has 2 aromatic carbocycles. The van der Waals surface area contributed by atoms with Crippen molar-refractivity contribution in [1.82, 2.24) is 5.43 Å². The Hall–Kier alpha value is -2.62. The van der Waals surface area contributed by atoms with Crippen LogP contribution in [0.1, 0.15) is 31.9 Å². The topological polar surface area (TPSA) is 53.5 Å². The lowest BCUT2D eigenvalue weighted by atomic mass is 9.87. The van der Waals surface area contributed by atoms with Gasteiger partial charge in [0.25, 0.3) is 0 Å². The normalized spacial score (nSPS) is 11.4. The van der Waals surface area contributed by atoms with Crippen molar-refractivity contribution >= 4 is 17.9 Å². The van der Waals surface area contributed by atoms with Gasteiger partial charge in [0.05, 0.1) is 6.21 Å². The zero-order chi connectivity index (χ0) is 16.0. The van der Waals surface area contributed by atoms with Gasteiger partial charge in [-0.15, -0.1) is 0 Å². The molecular weight excluding hydrogens is 274 g/mol. The molecule has 0 radical (unpaired) electrons. The molecule has 0 saturated carbocycles. The van der Waals surface area contributed by atoms with Gasteiger partial charge in [-0.05, 0) is 28.7 Å². The second-order valence-corrected chi connectivity index (χ2v) is 6.06. The average molecular weight is 295 g/mol. The second kappa shape index (κ2) is 6.89. The smallest absolute Gasteiger partial charge is 0.307 e. The molecule has 2 N–H and O–H groups in total. The van der Waals surface area contributed by atoms with Gasteiger partial charge in [-0.2, -0.15) is 5.10 Å². The van der Waals surface area contributed by atoms with Gasteiger partial charge in [0, 0.05) is 5.69 Å². The van der Waals surface area contributed by atoms with Gasteiger partial charge in [0.15, 0.2) is 0 Å². The van der Waals surface area contributed by atoms with Crippen LogP contribution in [0.3, 0.4) is 0 Å². The summed E-state index contributed by atoms with van der Waals surface area (Å²) in [5, 5.41) is 6.64. The summed E-state index contributed by atoms with van der Waals surface area (Å²) < 4.78 is 0. The van der Waals surface area contributed by atoms with E-state index in [1.54, 1.807) is 6.21 Å². The average Bonchev–Trinajstić information content (AvgIpc) is 2.48. The van der Waals surface area contributed by atoms with Crippen LogP contribution < -0.4 is 10.7 Å². The van der Waals surface area contributed by atoms with Gasteiger partial charge in [0.1, 0.15) is 0 Å². The highest BCUT2D eigenvalue weighted by Crippen LogP contribution is 2.21. The van der Waals surface area contributed by atoms with Crippen molar-refractivity contribution in [3.8, 4) is 0 Å². The molecule has 114 valence electrons. The van der Waals surface area contributed by atoms with Crippen LogP contribution in [-0.4, -0.2) is 12.2 Å². The fraction of sp³-hybridized carbons (Fsp3) is 0.222. The summed E-state index contributed by atoms with van der Waals surface area (Å²) in [7, 11) is 0. The summed E-state index contributed by atoms with van der Waals surface area (Å²) in [5.74, 6) is 0. The van der Waals surface area contributed by atoms with Crippen LogP contribution >= 0.6 is 0 Å². The van der Waals surface area contributed by atoms with Crippen LogP contribution in [0.2, 0.25) is 0 Å². The molecule has 2 amide bonds. The van der Waals surface area contributed by atoms with E-state index in [-0.39, 0.29) is 11.4 Å². The van der Waals surface area contributed by atoms with E-state index in [0.29, 0.717) is 0 Å². The van der Waals surface area contributed by atoms with E-state index >= 15 is 0 Å². The Morgan fingerprint density at radius 3 is 2.23 bits per heavy atom. The summed E-state index contributed by atoms with van der Waals surface area (Å²) in [6.07, 6.45) is 1.62.